The number of aromatic nitrogens is 2. The number of benzene rings is 1. The van der Waals surface area contributed by atoms with Gasteiger partial charge in [0.05, 0.1) is 34.0 Å². The molecule has 0 radical (unpaired) electrons. The van der Waals surface area contributed by atoms with Gasteiger partial charge in [-0.1, -0.05) is 0 Å². The Morgan fingerprint density at radius 3 is 2.43 bits per heavy atom. The summed E-state index contributed by atoms with van der Waals surface area (Å²) in [5.74, 6) is -1.13. The molecule has 0 spiro atoms. The number of aromatic amines is 1. The van der Waals surface area contributed by atoms with Crippen molar-refractivity contribution in [2.75, 3.05) is 0 Å². The topological polar surface area (TPSA) is 115 Å². The Bertz CT molecular complexity index is 1560. The first-order valence-electron chi connectivity index (χ1n) is 10.2. The number of aliphatic carboxylic acids is 1. The fourth-order valence-electron chi connectivity index (χ4n) is 4.19. The predicted octanol–water partition coefficient (Wildman–Crippen LogP) is 4.66. The Kier molecular flexibility index (Phi) is 5.94. The van der Waals surface area contributed by atoms with Gasteiger partial charge in [0.2, 0.25) is 0 Å². The number of sulfone groups is 1. The number of hydrogen-bond donors (Lipinski definition) is 2. The van der Waals surface area contributed by atoms with Crippen LogP contribution in [-0.4, -0.2) is 28.9 Å². The van der Waals surface area contributed by atoms with Crippen molar-refractivity contribution in [1.82, 2.24) is 9.38 Å². The summed E-state index contributed by atoms with van der Waals surface area (Å²) in [7, 11) is -4.33. The van der Waals surface area contributed by atoms with Gasteiger partial charge in [0.1, 0.15) is 5.25 Å². The van der Waals surface area contributed by atoms with Crippen molar-refractivity contribution in [3.8, 4) is 6.07 Å². The molecular formula is C24H18F3N3O4S. The number of nitriles is 1. The molecule has 4 aromatic rings. The maximum absolute atomic E-state index is 13.9. The molecule has 0 amide bonds. The zero-order valence-corrected chi connectivity index (χ0v) is 19.0. The van der Waals surface area contributed by atoms with E-state index in [1.54, 1.807) is 13.0 Å². The first-order valence-corrected chi connectivity index (χ1v) is 11.8. The fraction of sp³-hybridized carbons (Fsp3) is 0.167. The van der Waals surface area contributed by atoms with Crippen LogP contribution in [0, 0.1) is 18.3 Å². The van der Waals surface area contributed by atoms with Gasteiger partial charge in [-0.05, 0) is 61.0 Å². The highest BCUT2D eigenvalue weighted by atomic mass is 32.2. The van der Waals surface area contributed by atoms with Gasteiger partial charge in [-0.25, -0.2) is 8.42 Å². The average Bonchev–Trinajstić information content (AvgIpc) is 3.41. The van der Waals surface area contributed by atoms with Crippen molar-refractivity contribution in [3.63, 3.8) is 0 Å². The highest BCUT2D eigenvalue weighted by molar-refractivity contribution is 7.92. The summed E-state index contributed by atoms with van der Waals surface area (Å²) in [5, 5.41) is 17.4. The van der Waals surface area contributed by atoms with Crippen molar-refractivity contribution < 1.29 is 31.5 Å². The van der Waals surface area contributed by atoms with Crippen molar-refractivity contribution in [1.29, 1.82) is 5.26 Å². The summed E-state index contributed by atoms with van der Waals surface area (Å²) in [5.41, 5.74) is 0.748. The van der Waals surface area contributed by atoms with Gasteiger partial charge in [-0.2, -0.15) is 18.4 Å². The minimum absolute atomic E-state index is 0.232. The third kappa shape index (κ3) is 4.28. The quantitative estimate of drug-likeness (QED) is 0.399. The summed E-state index contributed by atoms with van der Waals surface area (Å²) in [6, 6.07) is 11.3. The number of pyridine rings is 1. The number of halogens is 3. The highest BCUT2D eigenvalue weighted by Crippen LogP contribution is 2.41. The third-order valence-corrected chi connectivity index (χ3v) is 7.83. The summed E-state index contributed by atoms with van der Waals surface area (Å²) in [4.78, 5) is 14.1. The lowest BCUT2D eigenvalue weighted by molar-refractivity contribution is -0.138. The summed E-state index contributed by atoms with van der Waals surface area (Å²) >= 11 is 0. The lowest BCUT2D eigenvalue weighted by atomic mass is 10.0. The van der Waals surface area contributed by atoms with Crippen LogP contribution in [0.3, 0.4) is 0 Å². The highest BCUT2D eigenvalue weighted by Gasteiger charge is 2.37. The number of rotatable bonds is 6. The zero-order chi connectivity index (χ0) is 25.5. The molecule has 35 heavy (non-hydrogen) atoms. The van der Waals surface area contributed by atoms with Gasteiger partial charge in [-0.3, -0.25) is 4.79 Å². The molecule has 1 aromatic carbocycles. The first kappa shape index (κ1) is 24.1. The van der Waals surface area contributed by atoms with Crippen molar-refractivity contribution in [2.24, 2.45) is 0 Å². The molecule has 0 fully saturated rings. The number of nitrogens with zero attached hydrogens (tertiary/aromatic N) is 2. The number of carboxylic acids is 1. The summed E-state index contributed by atoms with van der Waals surface area (Å²) in [6.07, 6.45) is -2.03. The minimum atomic E-state index is -4.63. The molecular weight excluding hydrogens is 483 g/mol. The van der Waals surface area contributed by atoms with E-state index in [9.17, 15) is 36.8 Å². The van der Waals surface area contributed by atoms with E-state index in [4.69, 9.17) is 0 Å². The lowest BCUT2D eigenvalue weighted by Gasteiger charge is -2.19. The van der Waals surface area contributed by atoms with E-state index in [2.05, 4.69) is 4.98 Å². The van der Waals surface area contributed by atoms with Gasteiger partial charge in [0.15, 0.2) is 9.84 Å². The molecule has 1 unspecified atom stereocenters. The number of hydrogen-bond acceptors (Lipinski definition) is 4. The number of H-pyrrole nitrogens is 1. The Hall–Kier alpha value is -4.04. The van der Waals surface area contributed by atoms with Crippen LogP contribution in [0.25, 0.3) is 5.52 Å². The molecule has 0 aliphatic carbocycles. The predicted molar refractivity (Wildman–Crippen MR) is 119 cm³/mol. The van der Waals surface area contributed by atoms with Gasteiger partial charge in [0, 0.05) is 29.3 Å². The Labute approximate surface area is 198 Å². The standard InChI is InChI=1S/C24H18F3N3O4S/c1-14-19(12-21(31)32)30-10-8-15(13-28)11-20(30)22(14)23(18-3-2-9-29-18)35(33,34)17-6-4-16(5-7-17)24(25,26)27/h2-11,23,29H,12H2,1H3,(H,31,32). The van der Waals surface area contributed by atoms with Crippen LogP contribution in [0.1, 0.15) is 38.9 Å². The van der Waals surface area contributed by atoms with Crippen LogP contribution in [0.5, 0.6) is 0 Å². The van der Waals surface area contributed by atoms with Crippen LogP contribution < -0.4 is 0 Å². The molecule has 3 heterocycles. The zero-order valence-electron chi connectivity index (χ0n) is 18.2. The second-order valence-corrected chi connectivity index (χ2v) is 9.94. The number of carboxylic acid groups (broad SMARTS) is 1. The van der Waals surface area contributed by atoms with E-state index >= 15 is 0 Å². The van der Waals surface area contributed by atoms with Crippen molar-refractivity contribution in [2.45, 2.75) is 29.7 Å². The molecule has 2 N–H and O–H groups in total. The second kappa shape index (κ2) is 8.63. The largest absolute Gasteiger partial charge is 0.481 e. The average molecular weight is 501 g/mol. The van der Waals surface area contributed by atoms with E-state index in [1.165, 1.54) is 35.0 Å². The summed E-state index contributed by atoms with van der Waals surface area (Å²) in [6.45, 7) is 1.59. The molecule has 3 aromatic heterocycles. The molecule has 7 nitrogen and oxygen atoms in total. The van der Waals surface area contributed by atoms with Crippen molar-refractivity contribution >= 4 is 21.3 Å². The van der Waals surface area contributed by atoms with Crippen LogP contribution >= 0.6 is 0 Å². The first-order chi connectivity index (χ1) is 16.4. The monoisotopic (exact) mass is 501 g/mol. The van der Waals surface area contributed by atoms with E-state index in [-0.39, 0.29) is 21.7 Å². The number of nitrogens with one attached hydrogen (secondary N) is 1. The van der Waals surface area contributed by atoms with Gasteiger partial charge in [-0.15, -0.1) is 0 Å². The summed E-state index contributed by atoms with van der Waals surface area (Å²) < 4.78 is 68.4. The molecule has 0 saturated heterocycles. The molecule has 1 atom stereocenters. The maximum atomic E-state index is 13.9. The SMILES string of the molecule is Cc1c(C(c2ccc[nH]2)S(=O)(=O)c2ccc(C(F)(F)F)cc2)c2cc(C#N)ccn2c1CC(=O)O. The fourth-order valence-corrected chi connectivity index (χ4v) is 6.06. The normalized spacial score (nSPS) is 13.0. The van der Waals surface area contributed by atoms with E-state index in [1.807, 2.05) is 6.07 Å². The lowest BCUT2D eigenvalue weighted by Crippen LogP contribution is -2.17. The maximum Gasteiger partial charge on any atom is 0.416 e. The Balaban J connectivity index is 2.01. The van der Waals surface area contributed by atoms with Crippen LogP contribution in [0.4, 0.5) is 13.2 Å². The number of alkyl halides is 3. The van der Waals surface area contributed by atoms with E-state index in [0.717, 1.165) is 12.1 Å². The molecule has 180 valence electrons. The van der Waals surface area contributed by atoms with E-state index in [0.29, 0.717) is 28.9 Å². The number of fused-ring (bicyclic) bond motifs is 1. The van der Waals surface area contributed by atoms with Crippen LogP contribution in [-0.2, 0) is 27.2 Å². The third-order valence-electron chi connectivity index (χ3n) is 5.79. The Morgan fingerprint density at radius 2 is 1.89 bits per heavy atom. The molecule has 0 bridgehead atoms. The van der Waals surface area contributed by atoms with Crippen LogP contribution in [0.15, 0.2) is 65.8 Å². The van der Waals surface area contributed by atoms with Crippen molar-refractivity contribution in [3.05, 3.63) is 94.6 Å². The Morgan fingerprint density at radius 1 is 1.20 bits per heavy atom. The van der Waals surface area contributed by atoms with Gasteiger partial charge >= 0.3 is 12.1 Å². The smallest absolute Gasteiger partial charge is 0.416 e. The molecule has 0 aliphatic rings. The molecule has 4 rings (SSSR count). The molecule has 0 saturated carbocycles. The van der Waals surface area contributed by atoms with Crippen LogP contribution in [0.2, 0.25) is 0 Å². The number of carbonyl (C=O) groups is 1. The molecule has 11 heteroatoms. The second-order valence-electron chi connectivity index (χ2n) is 7.91. The minimum Gasteiger partial charge on any atom is -0.481 e. The van der Waals surface area contributed by atoms with Gasteiger partial charge in [0.25, 0.3) is 0 Å². The van der Waals surface area contributed by atoms with Gasteiger partial charge < -0.3 is 14.5 Å². The molecule has 0 aliphatic heterocycles. The van der Waals surface area contributed by atoms with E-state index < -0.39 is 39.2 Å².